The summed E-state index contributed by atoms with van der Waals surface area (Å²) in [6, 6.07) is 7.30. The molecule has 34 heavy (non-hydrogen) atoms. The number of hydroxylamine groups is 1. The minimum absolute atomic E-state index is 0.225. The predicted octanol–water partition coefficient (Wildman–Crippen LogP) is 2.24. The van der Waals surface area contributed by atoms with Crippen molar-refractivity contribution in [3.05, 3.63) is 35.5 Å². The maximum Gasteiger partial charge on any atom is 0.339 e. The van der Waals surface area contributed by atoms with Crippen molar-refractivity contribution in [2.75, 3.05) is 59.5 Å². The first-order valence-electron chi connectivity index (χ1n) is 10.9. The van der Waals surface area contributed by atoms with Crippen molar-refractivity contribution < 1.29 is 28.9 Å². The standard InChI is InChI=1S/C23H31N5O6/c1-6-19-18(22(29)34-5)14-20(21(24-19)33-4)25-23(26-30)28-9-7-27(8-10-28)15-11-16(31-2)13-17(12-15)32-3/h11-14,30H,6-10H2,1-5H3,(H,25,26). The monoisotopic (exact) mass is 473 g/mol. The van der Waals surface area contributed by atoms with Crippen LogP contribution < -0.4 is 24.6 Å². The summed E-state index contributed by atoms with van der Waals surface area (Å²) in [5, 5.41) is 9.83. The molecule has 1 fully saturated rings. The molecule has 0 spiro atoms. The highest BCUT2D eigenvalue weighted by Crippen LogP contribution is 2.31. The predicted molar refractivity (Wildman–Crippen MR) is 127 cm³/mol. The van der Waals surface area contributed by atoms with Crippen LogP contribution in [0.5, 0.6) is 17.4 Å². The minimum atomic E-state index is -0.510. The third kappa shape index (κ3) is 5.42. The lowest BCUT2D eigenvalue weighted by Gasteiger charge is -2.37. The topological polar surface area (TPSA) is 118 Å². The van der Waals surface area contributed by atoms with Crippen LogP contribution in [0.2, 0.25) is 0 Å². The van der Waals surface area contributed by atoms with Gasteiger partial charge in [-0.25, -0.2) is 20.3 Å². The highest BCUT2D eigenvalue weighted by molar-refractivity contribution is 5.92. The van der Waals surface area contributed by atoms with E-state index in [1.807, 2.05) is 30.0 Å². The number of nitrogens with one attached hydrogen (secondary N) is 1. The number of esters is 1. The van der Waals surface area contributed by atoms with Crippen LogP contribution >= 0.6 is 0 Å². The van der Waals surface area contributed by atoms with Gasteiger partial charge in [-0.2, -0.15) is 0 Å². The lowest BCUT2D eigenvalue weighted by atomic mass is 10.1. The van der Waals surface area contributed by atoms with Gasteiger partial charge in [-0.3, -0.25) is 5.21 Å². The fourth-order valence-electron chi connectivity index (χ4n) is 3.74. The summed E-state index contributed by atoms with van der Waals surface area (Å²) in [6.45, 7) is 4.40. The van der Waals surface area contributed by atoms with Crippen molar-refractivity contribution >= 4 is 23.3 Å². The number of rotatable bonds is 7. The number of methoxy groups -OCH3 is 4. The Balaban J connectivity index is 1.83. The number of nitrogens with zero attached hydrogens (tertiary/aromatic N) is 4. The number of aromatic nitrogens is 1. The molecule has 0 amide bonds. The molecule has 0 bridgehead atoms. The molecule has 2 aromatic rings. The molecule has 11 nitrogen and oxygen atoms in total. The van der Waals surface area contributed by atoms with Gasteiger partial charge < -0.3 is 28.7 Å². The Labute approximate surface area is 198 Å². The van der Waals surface area contributed by atoms with Gasteiger partial charge in [-0.05, 0) is 12.5 Å². The normalized spacial score (nSPS) is 14.0. The van der Waals surface area contributed by atoms with E-state index in [0.29, 0.717) is 61.0 Å². The third-order valence-electron chi connectivity index (χ3n) is 5.59. The molecule has 2 N–H and O–H groups in total. The number of anilines is 1. The zero-order valence-electron chi connectivity index (χ0n) is 20.1. The number of benzene rings is 1. The van der Waals surface area contributed by atoms with Gasteiger partial charge in [0.15, 0.2) is 0 Å². The van der Waals surface area contributed by atoms with E-state index in [0.717, 1.165) is 5.69 Å². The summed E-state index contributed by atoms with van der Waals surface area (Å²) < 4.78 is 21.0. The lowest BCUT2D eigenvalue weighted by Crippen LogP contribution is -2.52. The number of piperazine rings is 1. The van der Waals surface area contributed by atoms with Crippen LogP contribution in [0.4, 0.5) is 11.4 Å². The number of aryl methyl sites for hydroxylation is 1. The maximum absolute atomic E-state index is 12.2. The minimum Gasteiger partial charge on any atom is -0.497 e. The van der Waals surface area contributed by atoms with Crippen LogP contribution in [0.25, 0.3) is 0 Å². The van der Waals surface area contributed by atoms with Crippen LogP contribution in [0.3, 0.4) is 0 Å². The van der Waals surface area contributed by atoms with Gasteiger partial charge >= 0.3 is 5.97 Å². The summed E-state index contributed by atoms with van der Waals surface area (Å²) in [4.78, 5) is 25.2. The molecule has 1 aromatic heterocycles. The molecule has 0 unspecified atom stereocenters. The fraction of sp³-hybridized carbons (Fsp3) is 0.435. The van der Waals surface area contributed by atoms with Crippen LogP contribution in [0.1, 0.15) is 23.0 Å². The van der Waals surface area contributed by atoms with E-state index in [9.17, 15) is 10.0 Å². The quantitative estimate of drug-likeness (QED) is 0.268. The number of hydrogen-bond acceptors (Lipinski definition) is 9. The van der Waals surface area contributed by atoms with Gasteiger partial charge in [0.05, 0.1) is 39.7 Å². The molecule has 0 radical (unpaired) electrons. The summed E-state index contributed by atoms with van der Waals surface area (Å²) in [5.41, 5.74) is 4.30. The second-order valence-corrected chi connectivity index (χ2v) is 7.45. The first kappa shape index (κ1) is 24.9. The van der Waals surface area contributed by atoms with Gasteiger partial charge in [0, 0.05) is 50.1 Å². The van der Waals surface area contributed by atoms with Gasteiger partial charge in [0.2, 0.25) is 11.8 Å². The average Bonchev–Trinajstić information content (AvgIpc) is 2.90. The molecule has 11 heteroatoms. The first-order valence-corrected chi connectivity index (χ1v) is 10.9. The molecule has 1 aromatic carbocycles. The number of guanidine groups is 1. The summed E-state index contributed by atoms with van der Waals surface area (Å²) in [7, 11) is 6.03. The van der Waals surface area contributed by atoms with E-state index in [4.69, 9.17) is 18.9 Å². The Hall–Kier alpha value is -3.73. The van der Waals surface area contributed by atoms with Gasteiger partial charge in [0.1, 0.15) is 17.2 Å². The van der Waals surface area contributed by atoms with E-state index >= 15 is 0 Å². The van der Waals surface area contributed by atoms with Gasteiger partial charge in [0.25, 0.3) is 0 Å². The van der Waals surface area contributed by atoms with Crippen LogP contribution in [-0.4, -0.2) is 81.6 Å². The SMILES string of the molecule is CCc1nc(OC)c(N=C(NO)N2CCN(c3cc(OC)cc(OC)c3)CC2)cc1C(=O)OC. The molecule has 3 rings (SSSR count). The maximum atomic E-state index is 12.2. The van der Waals surface area contributed by atoms with Crippen molar-refractivity contribution in [1.29, 1.82) is 0 Å². The third-order valence-corrected chi connectivity index (χ3v) is 5.59. The zero-order chi connectivity index (χ0) is 24.7. The molecule has 0 saturated carbocycles. The van der Waals surface area contributed by atoms with Crippen LogP contribution in [0, 0.1) is 0 Å². The number of pyridine rings is 1. The van der Waals surface area contributed by atoms with E-state index < -0.39 is 5.97 Å². The Bertz CT molecular complexity index is 1010. The number of aliphatic imine (C=N–C) groups is 1. The largest absolute Gasteiger partial charge is 0.497 e. The Morgan fingerprint density at radius 2 is 1.68 bits per heavy atom. The number of carbonyl (C=O) groups excluding carboxylic acids is 1. The highest BCUT2D eigenvalue weighted by Gasteiger charge is 2.23. The van der Waals surface area contributed by atoms with E-state index in [1.165, 1.54) is 14.2 Å². The average molecular weight is 474 g/mol. The second kappa shape index (κ2) is 11.4. The van der Waals surface area contributed by atoms with Gasteiger partial charge in [-0.1, -0.05) is 6.92 Å². The second-order valence-electron chi connectivity index (χ2n) is 7.45. The molecule has 184 valence electrons. The van der Waals surface area contributed by atoms with Crippen molar-refractivity contribution in [3.8, 4) is 17.4 Å². The smallest absolute Gasteiger partial charge is 0.339 e. The number of ether oxygens (including phenoxy) is 4. The van der Waals surface area contributed by atoms with E-state index in [-0.39, 0.29) is 11.8 Å². The molecular formula is C23H31N5O6. The summed E-state index contributed by atoms with van der Waals surface area (Å²) in [6.07, 6.45) is 0.521. The highest BCUT2D eigenvalue weighted by atomic mass is 16.5. The molecule has 1 aliphatic rings. The van der Waals surface area contributed by atoms with Crippen molar-refractivity contribution in [3.63, 3.8) is 0 Å². The van der Waals surface area contributed by atoms with Crippen molar-refractivity contribution in [2.45, 2.75) is 13.3 Å². The molecule has 1 aliphatic heterocycles. The molecule has 0 atom stereocenters. The Morgan fingerprint density at radius 3 is 2.18 bits per heavy atom. The van der Waals surface area contributed by atoms with Crippen molar-refractivity contribution in [2.24, 2.45) is 4.99 Å². The Morgan fingerprint density at radius 1 is 1.03 bits per heavy atom. The summed E-state index contributed by atoms with van der Waals surface area (Å²) in [5.74, 6) is 1.40. The van der Waals surface area contributed by atoms with Crippen molar-refractivity contribution in [1.82, 2.24) is 15.4 Å². The summed E-state index contributed by atoms with van der Waals surface area (Å²) >= 11 is 0. The zero-order valence-corrected chi connectivity index (χ0v) is 20.1. The fourth-order valence-corrected chi connectivity index (χ4v) is 3.74. The molecule has 2 heterocycles. The Kier molecular flexibility index (Phi) is 8.36. The first-order chi connectivity index (χ1) is 16.5. The molecule has 0 aliphatic carbocycles. The lowest BCUT2D eigenvalue weighted by molar-refractivity contribution is 0.0599. The number of carbonyl (C=O) groups is 1. The van der Waals surface area contributed by atoms with E-state index in [2.05, 4.69) is 20.4 Å². The molecular weight excluding hydrogens is 442 g/mol. The molecule has 1 saturated heterocycles. The number of hydrogen-bond donors (Lipinski definition) is 2. The van der Waals surface area contributed by atoms with E-state index in [1.54, 1.807) is 20.3 Å². The van der Waals surface area contributed by atoms with Gasteiger partial charge in [-0.15, -0.1) is 0 Å². The van der Waals surface area contributed by atoms with Crippen LogP contribution in [-0.2, 0) is 11.2 Å². The van der Waals surface area contributed by atoms with Crippen LogP contribution in [0.15, 0.2) is 29.3 Å².